The average molecular weight is 467 g/mol. The van der Waals surface area contributed by atoms with Gasteiger partial charge >= 0.3 is 5.97 Å². The first-order valence-electron chi connectivity index (χ1n) is 9.50. The molecule has 0 saturated carbocycles. The van der Waals surface area contributed by atoms with Crippen LogP contribution in [0.3, 0.4) is 0 Å². The molecule has 0 spiro atoms. The van der Waals surface area contributed by atoms with E-state index in [-0.39, 0.29) is 22.9 Å². The number of hydrogen-bond acceptors (Lipinski definition) is 8. The van der Waals surface area contributed by atoms with E-state index in [9.17, 15) is 23.3 Å². The van der Waals surface area contributed by atoms with Crippen molar-refractivity contribution in [1.82, 2.24) is 0 Å². The van der Waals surface area contributed by atoms with Crippen LogP contribution >= 0.6 is 0 Å². The van der Waals surface area contributed by atoms with Crippen molar-refractivity contribution in [3.05, 3.63) is 51.6 Å². The maximum Gasteiger partial charge on any atom is 0.314 e. The molecule has 0 aliphatic heterocycles. The summed E-state index contributed by atoms with van der Waals surface area (Å²) in [7, 11) is -1.51. The fourth-order valence-corrected chi connectivity index (χ4v) is 4.62. The number of nitrogens with one attached hydrogen (secondary N) is 1. The van der Waals surface area contributed by atoms with E-state index >= 15 is 0 Å². The van der Waals surface area contributed by atoms with Crippen molar-refractivity contribution in [2.24, 2.45) is 5.41 Å². The van der Waals surface area contributed by atoms with Crippen molar-refractivity contribution in [3.63, 3.8) is 0 Å². The Balaban J connectivity index is 2.36. The lowest BCUT2D eigenvalue weighted by atomic mass is 9.95. The van der Waals surface area contributed by atoms with Crippen LogP contribution in [-0.2, 0) is 19.6 Å². The van der Waals surface area contributed by atoms with Gasteiger partial charge in [-0.2, -0.15) is 0 Å². The Morgan fingerprint density at radius 2 is 1.69 bits per heavy atom. The minimum atomic E-state index is -4.15. The molecule has 0 saturated heterocycles. The molecule has 2 aromatic rings. The average Bonchev–Trinajstić information content (AvgIpc) is 2.70. The van der Waals surface area contributed by atoms with Crippen LogP contribution in [0.15, 0.2) is 35.2 Å². The van der Waals surface area contributed by atoms with E-state index in [1.165, 1.54) is 38.5 Å². The number of nitrogens with zero attached hydrogens (tertiary/aromatic N) is 1. The van der Waals surface area contributed by atoms with Gasteiger partial charge < -0.3 is 14.2 Å². The number of esters is 1. The fourth-order valence-electron chi connectivity index (χ4n) is 3.09. The summed E-state index contributed by atoms with van der Waals surface area (Å²) in [4.78, 5) is 22.5. The maximum atomic E-state index is 13.1. The molecule has 0 unspecified atom stereocenters. The number of methoxy groups -OCH3 is 2. The summed E-state index contributed by atoms with van der Waals surface area (Å²) in [5.74, 6) is 0.171. The van der Waals surface area contributed by atoms with Gasteiger partial charge in [0.25, 0.3) is 15.7 Å². The second-order valence-electron chi connectivity index (χ2n) is 7.80. The highest BCUT2D eigenvalue weighted by atomic mass is 32.2. The molecule has 1 N–H and O–H groups in total. The van der Waals surface area contributed by atoms with Crippen molar-refractivity contribution in [3.8, 4) is 11.5 Å². The lowest BCUT2D eigenvalue weighted by Crippen LogP contribution is -2.32. The molecule has 2 aromatic carbocycles. The Bertz CT molecular complexity index is 1120. The number of benzene rings is 2. The number of nitro benzene ring substituents is 1. The first-order valence-corrected chi connectivity index (χ1v) is 11.0. The van der Waals surface area contributed by atoms with Gasteiger partial charge in [0.05, 0.1) is 35.5 Å². The Morgan fingerprint density at radius 3 is 2.19 bits per heavy atom. The molecule has 0 atom stereocenters. The van der Waals surface area contributed by atoms with Gasteiger partial charge in [0.1, 0.15) is 23.8 Å². The summed E-state index contributed by atoms with van der Waals surface area (Å²) < 4.78 is 43.8. The first kappa shape index (κ1) is 24.9. The first-order chi connectivity index (χ1) is 14.8. The molecule has 0 heterocycles. The van der Waals surface area contributed by atoms with E-state index in [1.54, 1.807) is 27.7 Å². The van der Waals surface area contributed by atoms with Crippen molar-refractivity contribution < 1.29 is 32.3 Å². The predicted octanol–water partition coefficient (Wildman–Crippen LogP) is 3.60. The predicted molar refractivity (Wildman–Crippen MR) is 118 cm³/mol. The summed E-state index contributed by atoms with van der Waals surface area (Å²) in [6, 6.07) is 6.88. The van der Waals surface area contributed by atoms with Gasteiger partial charge in [-0.1, -0.05) is 0 Å². The van der Waals surface area contributed by atoms with Gasteiger partial charge in [-0.25, -0.2) is 8.42 Å². The quantitative estimate of drug-likeness (QED) is 0.337. The van der Waals surface area contributed by atoms with Crippen molar-refractivity contribution in [2.75, 3.05) is 25.5 Å². The van der Waals surface area contributed by atoms with E-state index in [4.69, 9.17) is 14.2 Å². The highest BCUT2D eigenvalue weighted by Crippen LogP contribution is 2.33. The molecule has 11 heteroatoms. The molecule has 0 amide bonds. The minimum Gasteiger partial charge on any atom is -0.496 e. The zero-order valence-electron chi connectivity index (χ0n) is 18.7. The Hall–Kier alpha value is -3.34. The fraction of sp³-hybridized carbons (Fsp3) is 0.381. The zero-order chi connectivity index (χ0) is 24.3. The molecule has 0 aliphatic carbocycles. The van der Waals surface area contributed by atoms with E-state index in [2.05, 4.69) is 4.72 Å². The lowest BCUT2D eigenvalue weighted by Gasteiger charge is -2.22. The van der Waals surface area contributed by atoms with E-state index in [0.29, 0.717) is 16.9 Å². The normalized spacial score (nSPS) is 11.6. The van der Waals surface area contributed by atoms with E-state index < -0.39 is 32.0 Å². The van der Waals surface area contributed by atoms with E-state index in [1.807, 2.05) is 0 Å². The van der Waals surface area contributed by atoms with Crippen LogP contribution in [0.25, 0.3) is 0 Å². The van der Waals surface area contributed by atoms with Crippen molar-refractivity contribution >= 4 is 27.4 Å². The van der Waals surface area contributed by atoms with Crippen molar-refractivity contribution in [1.29, 1.82) is 0 Å². The number of carbonyl (C=O) groups excluding carboxylic acids is 1. The Morgan fingerprint density at radius 1 is 1.09 bits per heavy atom. The monoisotopic (exact) mass is 466 g/mol. The van der Waals surface area contributed by atoms with Crippen LogP contribution in [0.1, 0.15) is 25.0 Å². The molecular formula is C21H26N2O8S. The van der Waals surface area contributed by atoms with Crippen LogP contribution in [0.4, 0.5) is 11.4 Å². The summed E-state index contributed by atoms with van der Waals surface area (Å²) >= 11 is 0. The molecule has 0 aromatic heterocycles. The summed E-state index contributed by atoms with van der Waals surface area (Å²) in [6.45, 7) is 6.54. The SMILES string of the molecule is COC(=O)C(C)(C)COc1cc(C)c(S(=O)(=O)Nc2ccc(OC)cc2[N+](=O)[O-])c(C)c1. The third-order valence-electron chi connectivity index (χ3n) is 4.69. The zero-order valence-corrected chi connectivity index (χ0v) is 19.5. The number of ether oxygens (including phenoxy) is 3. The summed E-state index contributed by atoms with van der Waals surface area (Å²) in [5.41, 5.74) is -0.766. The van der Waals surface area contributed by atoms with E-state index in [0.717, 1.165) is 6.07 Å². The van der Waals surface area contributed by atoms with Crippen LogP contribution < -0.4 is 14.2 Å². The number of carbonyl (C=O) groups is 1. The second kappa shape index (κ2) is 9.43. The number of anilines is 1. The van der Waals surface area contributed by atoms with Gasteiger partial charge in [-0.3, -0.25) is 19.6 Å². The molecule has 2 rings (SSSR count). The number of sulfonamides is 1. The molecule has 0 bridgehead atoms. The molecule has 0 radical (unpaired) electrons. The van der Waals surface area contributed by atoms with Crippen LogP contribution in [0.5, 0.6) is 11.5 Å². The number of nitro groups is 1. The molecule has 174 valence electrons. The van der Waals surface area contributed by atoms with Gasteiger partial charge in [-0.05, 0) is 63.1 Å². The van der Waals surface area contributed by atoms with Crippen LogP contribution in [-0.4, -0.2) is 40.1 Å². The minimum absolute atomic E-state index is 0.0257. The largest absolute Gasteiger partial charge is 0.496 e. The third kappa shape index (κ3) is 5.47. The molecule has 0 aliphatic rings. The maximum absolute atomic E-state index is 13.1. The highest BCUT2D eigenvalue weighted by molar-refractivity contribution is 7.92. The van der Waals surface area contributed by atoms with Crippen LogP contribution in [0, 0.1) is 29.4 Å². The Labute approximate surface area is 186 Å². The summed E-state index contributed by atoms with van der Waals surface area (Å²) in [5, 5.41) is 11.4. The number of hydrogen-bond donors (Lipinski definition) is 1. The molecule has 32 heavy (non-hydrogen) atoms. The van der Waals surface area contributed by atoms with Gasteiger partial charge in [0, 0.05) is 0 Å². The summed E-state index contributed by atoms with van der Waals surface area (Å²) in [6.07, 6.45) is 0. The standard InChI is InChI=1S/C21H26N2O8S/c1-13-9-16(31-12-21(3,4)20(24)30-6)10-14(2)19(13)32(27,28)22-17-8-7-15(29-5)11-18(17)23(25)26/h7-11,22H,12H2,1-6H3. The molecule has 10 nitrogen and oxygen atoms in total. The molecular weight excluding hydrogens is 440 g/mol. The van der Waals surface area contributed by atoms with Crippen molar-refractivity contribution in [2.45, 2.75) is 32.6 Å². The Kier molecular flexibility index (Phi) is 7.34. The van der Waals surface area contributed by atoms with Gasteiger partial charge in [-0.15, -0.1) is 0 Å². The lowest BCUT2D eigenvalue weighted by molar-refractivity contribution is -0.384. The van der Waals surface area contributed by atoms with Gasteiger partial charge in [0.2, 0.25) is 0 Å². The number of rotatable bonds is 9. The highest BCUT2D eigenvalue weighted by Gasteiger charge is 2.30. The number of aryl methyl sites for hydroxylation is 2. The topological polar surface area (TPSA) is 134 Å². The second-order valence-corrected chi connectivity index (χ2v) is 9.42. The van der Waals surface area contributed by atoms with Gasteiger partial charge in [0.15, 0.2) is 0 Å². The smallest absolute Gasteiger partial charge is 0.314 e. The third-order valence-corrected chi connectivity index (χ3v) is 6.36. The molecule has 0 fully saturated rings. The van der Waals surface area contributed by atoms with Crippen LogP contribution in [0.2, 0.25) is 0 Å².